The first-order valence-electron chi connectivity index (χ1n) is 13.1. The average molecular weight is 470 g/mol. The van der Waals surface area contributed by atoms with Crippen LogP contribution in [0.15, 0.2) is 42.1 Å². The molecule has 2 saturated carbocycles. The molecule has 35 heavy (non-hydrogen) atoms. The Hall–Kier alpha value is -2.95. The monoisotopic (exact) mass is 469 g/mol. The van der Waals surface area contributed by atoms with Gasteiger partial charge in [-0.2, -0.15) is 10.2 Å². The molecule has 2 aromatic rings. The van der Waals surface area contributed by atoms with E-state index in [1.54, 1.807) is 11.8 Å². The molecule has 4 atom stereocenters. The molecule has 4 bridgehead atoms. The van der Waals surface area contributed by atoms with Crippen LogP contribution in [-0.4, -0.2) is 53.6 Å². The minimum Gasteiger partial charge on any atom is -0.368 e. The molecule has 3 fully saturated rings. The molecule has 3 N–H and O–H groups in total. The number of benzene rings is 1. The van der Waals surface area contributed by atoms with Gasteiger partial charge in [0, 0.05) is 45.3 Å². The molecule has 2 heterocycles. The van der Waals surface area contributed by atoms with E-state index in [1.807, 2.05) is 12.1 Å². The zero-order valence-electron chi connectivity index (χ0n) is 20.6. The van der Waals surface area contributed by atoms with Crippen LogP contribution in [0.3, 0.4) is 0 Å². The molecule has 1 aromatic carbocycles. The van der Waals surface area contributed by atoms with Crippen LogP contribution < -0.4 is 16.0 Å². The van der Waals surface area contributed by atoms with Gasteiger partial charge in [-0.1, -0.05) is 35.9 Å². The number of piperazine rings is 1. The summed E-state index contributed by atoms with van der Waals surface area (Å²) < 4.78 is 0. The molecule has 182 valence electrons. The van der Waals surface area contributed by atoms with Gasteiger partial charge in [-0.3, -0.25) is 4.90 Å². The van der Waals surface area contributed by atoms with Crippen LogP contribution in [0.25, 0.3) is 0 Å². The van der Waals surface area contributed by atoms with Gasteiger partial charge >= 0.3 is 0 Å². The number of aryl methyl sites for hydroxylation is 1. The number of hydrogen-bond acceptors (Lipinski definition) is 7. The molecule has 0 amide bonds. The van der Waals surface area contributed by atoms with E-state index in [1.165, 1.54) is 49.9 Å². The smallest absolute Gasteiger partial charge is 0.224 e. The van der Waals surface area contributed by atoms with E-state index in [0.29, 0.717) is 35.8 Å². The zero-order chi connectivity index (χ0) is 23.8. The molecular weight excluding hydrogens is 434 g/mol. The third-order valence-corrected chi connectivity index (χ3v) is 8.63. The van der Waals surface area contributed by atoms with Crippen LogP contribution >= 0.6 is 0 Å². The lowest BCUT2D eigenvalue weighted by molar-refractivity contribution is 0.00598. The summed E-state index contributed by atoms with van der Waals surface area (Å²) in [5, 5.41) is 20.1. The zero-order valence-corrected chi connectivity index (χ0v) is 20.6. The van der Waals surface area contributed by atoms with Crippen LogP contribution in [0.2, 0.25) is 0 Å². The van der Waals surface area contributed by atoms with Crippen molar-refractivity contribution in [2.24, 2.45) is 17.3 Å². The Morgan fingerprint density at radius 1 is 1.20 bits per heavy atom. The van der Waals surface area contributed by atoms with Gasteiger partial charge in [0.1, 0.15) is 17.5 Å². The van der Waals surface area contributed by atoms with Gasteiger partial charge in [0.05, 0.1) is 6.20 Å². The molecule has 1 saturated heterocycles. The third-order valence-electron chi connectivity index (χ3n) is 8.63. The van der Waals surface area contributed by atoms with Crippen molar-refractivity contribution in [3.05, 3.63) is 58.8 Å². The maximum Gasteiger partial charge on any atom is 0.224 e. The van der Waals surface area contributed by atoms with E-state index in [-0.39, 0.29) is 5.41 Å². The Balaban J connectivity index is 1.15. The minimum absolute atomic E-state index is 0.272. The van der Waals surface area contributed by atoms with E-state index in [9.17, 15) is 5.26 Å². The van der Waals surface area contributed by atoms with E-state index in [4.69, 9.17) is 4.98 Å². The summed E-state index contributed by atoms with van der Waals surface area (Å²) in [6, 6.07) is 11.2. The summed E-state index contributed by atoms with van der Waals surface area (Å²) in [6.45, 7) is 8.19. The van der Waals surface area contributed by atoms with Crippen molar-refractivity contribution in [3.8, 4) is 6.07 Å². The number of allylic oxidation sites excluding steroid dienone is 1. The molecule has 1 aromatic heterocycles. The number of hydrogen-bond donors (Lipinski definition) is 3. The van der Waals surface area contributed by atoms with Gasteiger partial charge in [0.2, 0.25) is 5.95 Å². The Kier molecular flexibility index (Phi) is 5.95. The molecule has 5 aliphatic rings. The fraction of sp³-hybridized carbons (Fsp3) is 0.536. The highest BCUT2D eigenvalue weighted by molar-refractivity contribution is 5.54. The normalized spacial score (nSPS) is 29.5. The molecular formula is C28H35N7. The summed E-state index contributed by atoms with van der Waals surface area (Å²) in [6.07, 6.45) is 9.28. The van der Waals surface area contributed by atoms with Crippen molar-refractivity contribution >= 4 is 11.8 Å². The van der Waals surface area contributed by atoms with Gasteiger partial charge in [0.15, 0.2) is 0 Å². The van der Waals surface area contributed by atoms with Crippen molar-refractivity contribution in [2.75, 3.05) is 43.4 Å². The molecule has 0 radical (unpaired) electrons. The Labute approximate surface area is 208 Å². The number of nitriles is 1. The summed E-state index contributed by atoms with van der Waals surface area (Å²) in [4.78, 5) is 11.8. The van der Waals surface area contributed by atoms with Crippen molar-refractivity contribution in [1.82, 2.24) is 20.2 Å². The summed E-state index contributed by atoms with van der Waals surface area (Å²) in [5.74, 6) is 2.68. The Morgan fingerprint density at radius 3 is 2.86 bits per heavy atom. The topological polar surface area (TPSA) is 88.9 Å². The number of aromatic nitrogens is 2. The van der Waals surface area contributed by atoms with Gasteiger partial charge in [0.25, 0.3) is 0 Å². The van der Waals surface area contributed by atoms with Crippen molar-refractivity contribution in [3.63, 3.8) is 0 Å². The molecule has 7 nitrogen and oxygen atoms in total. The molecule has 2 unspecified atom stereocenters. The van der Waals surface area contributed by atoms with Crippen LogP contribution in [-0.2, 0) is 6.54 Å². The predicted octanol–water partition coefficient (Wildman–Crippen LogP) is 3.70. The van der Waals surface area contributed by atoms with E-state index in [0.717, 1.165) is 25.6 Å². The lowest BCUT2D eigenvalue weighted by Gasteiger charge is -2.58. The van der Waals surface area contributed by atoms with Crippen molar-refractivity contribution in [2.45, 2.75) is 45.2 Å². The minimum atomic E-state index is 0.272. The fourth-order valence-corrected chi connectivity index (χ4v) is 7.20. The van der Waals surface area contributed by atoms with Crippen molar-refractivity contribution in [1.29, 1.82) is 5.26 Å². The first-order valence-corrected chi connectivity index (χ1v) is 13.1. The van der Waals surface area contributed by atoms with Crippen LogP contribution in [0.1, 0.15) is 42.4 Å². The van der Waals surface area contributed by atoms with Crippen molar-refractivity contribution < 1.29 is 0 Å². The van der Waals surface area contributed by atoms with Gasteiger partial charge in [-0.25, -0.2) is 4.98 Å². The van der Waals surface area contributed by atoms with E-state index in [2.05, 4.69) is 57.0 Å². The lowest BCUT2D eigenvalue weighted by Crippen LogP contribution is -2.59. The van der Waals surface area contributed by atoms with Crippen LogP contribution in [0.5, 0.6) is 0 Å². The van der Waals surface area contributed by atoms with Crippen LogP contribution in [0.4, 0.5) is 11.8 Å². The van der Waals surface area contributed by atoms with Gasteiger partial charge in [-0.15, -0.1) is 0 Å². The predicted molar refractivity (Wildman–Crippen MR) is 138 cm³/mol. The highest BCUT2D eigenvalue weighted by Gasteiger charge is 2.52. The van der Waals surface area contributed by atoms with Gasteiger partial charge < -0.3 is 16.0 Å². The number of nitrogens with one attached hydrogen (secondary N) is 3. The number of rotatable bonds is 7. The standard InChI is InChI=1S/C28H35N7/c1-19-4-2-3-5-21(19)16-31-27-32-17-24(15-29)26(34-27)33-18-28-12-20-10-22(13-28)25(23(11-20)14-28)35-8-6-30-7-9-35/h2-5,10,17,20,23,25,30H,6-9,11-14,16,18H2,1H3,(H2,31,32,33,34)/t20?,23-,25?,28+/m1/s1. The average Bonchev–Trinajstić information content (AvgIpc) is 2.87. The largest absolute Gasteiger partial charge is 0.368 e. The second-order valence-electron chi connectivity index (χ2n) is 11.0. The second-order valence-corrected chi connectivity index (χ2v) is 11.0. The SMILES string of the molecule is Cc1ccccc1CNc1ncc(C#N)c(NC[C@@]23CC4=CC(C[C@H](C2)C4N2CCNCC2)C3)n1. The lowest BCUT2D eigenvalue weighted by atomic mass is 9.51. The van der Waals surface area contributed by atoms with E-state index < -0.39 is 0 Å². The molecule has 1 aliphatic heterocycles. The summed E-state index contributed by atoms with van der Waals surface area (Å²) in [7, 11) is 0. The maximum atomic E-state index is 9.68. The third kappa shape index (κ3) is 4.41. The summed E-state index contributed by atoms with van der Waals surface area (Å²) in [5.41, 5.74) is 4.91. The maximum absolute atomic E-state index is 9.68. The van der Waals surface area contributed by atoms with Gasteiger partial charge in [-0.05, 0) is 61.0 Å². The first-order chi connectivity index (χ1) is 17.1. The quantitative estimate of drug-likeness (QED) is 0.533. The molecule has 4 aliphatic carbocycles. The van der Waals surface area contributed by atoms with E-state index >= 15 is 0 Å². The fourth-order valence-electron chi connectivity index (χ4n) is 7.20. The first kappa shape index (κ1) is 22.5. The Bertz CT molecular complexity index is 1160. The molecule has 0 spiro atoms. The number of anilines is 2. The van der Waals surface area contributed by atoms with Crippen LogP contribution in [0, 0.1) is 35.5 Å². The number of nitrogens with zero attached hydrogens (tertiary/aromatic N) is 4. The second kappa shape index (κ2) is 9.25. The molecule has 7 rings (SSSR count). The highest BCUT2D eigenvalue weighted by atomic mass is 15.2. The summed E-state index contributed by atoms with van der Waals surface area (Å²) >= 11 is 0. The molecule has 7 heteroatoms. The highest BCUT2D eigenvalue weighted by Crippen LogP contribution is 2.58. The Morgan fingerprint density at radius 2 is 2.06 bits per heavy atom.